The Morgan fingerprint density at radius 2 is 1.83 bits per heavy atom. The van der Waals surface area contributed by atoms with Gasteiger partial charge in [0.05, 0.1) is 6.42 Å². The average Bonchev–Trinajstić information content (AvgIpc) is 2.71. The Balaban J connectivity index is 2.13. The summed E-state index contributed by atoms with van der Waals surface area (Å²) >= 11 is 12.2. The van der Waals surface area contributed by atoms with Crippen LogP contribution in [0.2, 0.25) is 10.0 Å². The standard InChI is InChI=1S/C23H28Cl2N2O2/c1-3-4-13-26-23(29)17(2)27(14-12-18-8-6-5-7-9-18)22(28)15-19-10-11-20(24)16-21(19)25/h5-11,16-17H,3-4,12-15H2,1-2H3,(H,26,29)/t17-/m0/s1. The summed E-state index contributed by atoms with van der Waals surface area (Å²) in [6.07, 6.45) is 2.71. The van der Waals surface area contributed by atoms with Crippen molar-refractivity contribution in [1.29, 1.82) is 0 Å². The van der Waals surface area contributed by atoms with Gasteiger partial charge in [-0.2, -0.15) is 0 Å². The number of hydrogen-bond donors (Lipinski definition) is 1. The first-order valence-corrected chi connectivity index (χ1v) is 10.7. The first kappa shape index (κ1) is 23.2. The molecule has 156 valence electrons. The van der Waals surface area contributed by atoms with E-state index in [0.717, 1.165) is 18.4 Å². The Morgan fingerprint density at radius 3 is 2.48 bits per heavy atom. The van der Waals surface area contributed by atoms with E-state index in [1.807, 2.05) is 30.3 Å². The predicted octanol–water partition coefficient (Wildman–Crippen LogP) is 4.91. The number of carbonyl (C=O) groups is 2. The van der Waals surface area contributed by atoms with E-state index in [1.165, 1.54) is 0 Å². The fraction of sp³-hybridized carbons (Fsp3) is 0.391. The molecule has 0 saturated heterocycles. The molecule has 2 amide bonds. The van der Waals surface area contributed by atoms with Crippen molar-refractivity contribution in [2.24, 2.45) is 0 Å². The molecule has 0 aliphatic rings. The maximum atomic E-state index is 13.1. The first-order valence-electron chi connectivity index (χ1n) is 9.97. The van der Waals surface area contributed by atoms with Crippen molar-refractivity contribution >= 4 is 35.0 Å². The van der Waals surface area contributed by atoms with Crippen molar-refractivity contribution in [2.45, 2.75) is 45.6 Å². The van der Waals surface area contributed by atoms with Crippen LogP contribution >= 0.6 is 23.2 Å². The minimum Gasteiger partial charge on any atom is -0.354 e. The Kier molecular flexibility index (Phi) is 9.49. The van der Waals surface area contributed by atoms with Gasteiger partial charge in [0.15, 0.2) is 0 Å². The van der Waals surface area contributed by atoms with Crippen LogP contribution in [0.1, 0.15) is 37.8 Å². The number of nitrogens with zero attached hydrogens (tertiary/aromatic N) is 1. The SMILES string of the molecule is CCCCNC(=O)[C@H](C)N(CCc1ccccc1)C(=O)Cc1ccc(Cl)cc1Cl. The van der Waals surface area contributed by atoms with Crippen molar-refractivity contribution in [3.63, 3.8) is 0 Å². The van der Waals surface area contributed by atoms with Crippen LogP contribution in [0.3, 0.4) is 0 Å². The molecule has 6 heteroatoms. The quantitative estimate of drug-likeness (QED) is 0.539. The second-order valence-electron chi connectivity index (χ2n) is 7.06. The highest BCUT2D eigenvalue weighted by Gasteiger charge is 2.26. The van der Waals surface area contributed by atoms with Crippen molar-refractivity contribution < 1.29 is 9.59 Å². The van der Waals surface area contributed by atoms with Crippen molar-refractivity contribution in [2.75, 3.05) is 13.1 Å². The van der Waals surface area contributed by atoms with Crippen LogP contribution in [0.4, 0.5) is 0 Å². The molecule has 0 heterocycles. The molecule has 0 radical (unpaired) electrons. The zero-order chi connectivity index (χ0) is 21.2. The summed E-state index contributed by atoms with van der Waals surface area (Å²) < 4.78 is 0. The largest absolute Gasteiger partial charge is 0.354 e. The fourth-order valence-corrected chi connectivity index (χ4v) is 3.51. The Bertz CT molecular complexity index is 812. The molecule has 2 aromatic carbocycles. The molecule has 1 N–H and O–H groups in total. The third kappa shape index (κ3) is 7.37. The lowest BCUT2D eigenvalue weighted by molar-refractivity contribution is -0.139. The molecule has 2 aromatic rings. The lowest BCUT2D eigenvalue weighted by Crippen LogP contribution is -2.49. The van der Waals surface area contributed by atoms with E-state index in [-0.39, 0.29) is 18.2 Å². The number of unbranched alkanes of at least 4 members (excludes halogenated alkanes) is 1. The van der Waals surface area contributed by atoms with Crippen molar-refractivity contribution in [3.8, 4) is 0 Å². The summed E-state index contributed by atoms with van der Waals surface area (Å²) in [6.45, 7) is 4.91. The second-order valence-corrected chi connectivity index (χ2v) is 7.90. The molecule has 0 aliphatic carbocycles. The van der Waals surface area contributed by atoms with Crippen LogP contribution in [0.25, 0.3) is 0 Å². The van der Waals surface area contributed by atoms with E-state index in [1.54, 1.807) is 30.0 Å². The minimum atomic E-state index is -0.561. The number of halogens is 2. The van der Waals surface area contributed by atoms with Gasteiger partial charge in [0.25, 0.3) is 0 Å². The maximum absolute atomic E-state index is 13.1. The molecule has 0 aromatic heterocycles. The Labute approximate surface area is 183 Å². The molecule has 0 saturated carbocycles. The van der Waals surface area contributed by atoms with E-state index in [4.69, 9.17) is 23.2 Å². The van der Waals surface area contributed by atoms with E-state index in [9.17, 15) is 9.59 Å². The molecule has 1 atom stereocenters. The zero-order valence-electron chi connectivity index (χ0n) is 17.0. The van der Waals surface area contributed by atoms with E-state index in [0.29, 0.717) is 35.1 Å². The summed E-state index contributed by atoms with van der Waals surface area (Å²) in [6, 6.07) is 14.5. The maximum Gasteiger partial charge on any atom is 0.242 e. The first-order chi connectivity index (χ1) is 13.9. The lowest BCUT2D eigenvalue weighted by atomic mass is 10.1. The van der Waals surface area contributed by atoms with Crippen LogP contribution in [-0.4, -0.2) is 35.8 Å². The van der Waals surface area contributed by atoms with Gasteiger partial charge in [-0.25, -0.2) is 0 Å². The third-order valence-electron chi connectivity index (χ3n) is 4.84. The van der Waals surface area contributed by atoms with E-state index < -0.39 is 6.04 Å². The molecular formula is C23H28Cl2N2O2. The number of rotatable bonds is 10. The summed E-state index contributed by atoms with van der Waals surface area (Å²) in [7, 11) is 0. The molecule has 0 fully saturated rings. The molecule has 0 bridgehead atoms. The smallest absolute Gasteiger partial charge is 0.242 e. The molecule has 4 nitrogen and oxygen atoms in total. The zero-order valence-corrected chi connectivity index (χ0v) is 18.5. The van der Waals surface area contributed by atoms with Crippen LogP contribution in [0.15, 0.2) is 48.5 Å². The highest BCUT2D eigenvalue weighted by Crippen LogP contribution is 2.22. The molecule has 0 aliphatic heterocycles. The molecule has 0 unspecified atom stereocenters. The lowest BCUT2D eigenvalue weighted by Gasteiger charge is -2.29. The van der Waals surface area contributed by atoms with Crippen LogP contribution in [-0.2, 0) is 22.4 Å². The highest BCUT2D eigenvalue weighted by atomic mass is 35.5. The Morgan fingerprint density at radius 1 is 1.10 bits per heavy atom. The third-order valence-corrected chi connectivity index (χ3v) is 5.42. The van der Waals surface area contributed by atoms with Gasteiger partial charge in [-0.05, 0) is 43.0 Å². The minimum absolute atomic E-state index is 0.122. The number of benzene rings is 2. The normalized spacial score (nSPS) is 11.7. The topological polar surface area (TPSA) is 49.4 Å². The Hall–Kier alpha value is -2.04. The van der Waals surface area contributed by atoms with E-state index in [2.05, 4.69) is 12.2 Å². The van der Waals surface area contributed by atoms with Gasteiger partial charge < -0.3 is 10.2 Å². The number of carbonyl (C=O) groups excluding carboxylic acids is 2. The van der Waals surface area contributed by atoms with Gasteiger partial charge in [0.2, 0.25) is 11.8 Å². The van der Waals surface area contributed by atoms with Gasteiger partial charge >= 0.3 is 0 Å². The monoisotopic (exact) mass is 434 g/mol. The summed E-state index contributed by atoms with van der Waals surface area (Å²) in [5.41, 5.74) is 1.82. The van der Waals surface area contributed by atoms with Gasteiger partial charge in [-0.3, -0.25) is 9.59 Å². The van der Waals surface area contributed by atoms with Crippen molar-refractivity contribution in [1.82, 2.24) is 10.2 Å². The average molecular weight is 435 g/mol. The number of amides is 2. The predicted molar refractivity (Wildman–Crippen MR) is 119 cm³/mol. The van der Waals surface area contributed by atoms with Crippen LogP contribution in [0, 0.1) is 0 Å². The van der Waals surface area contributed by atoms with Crippen LogP contribution in [0.5, 0.6) is 0 Å². The molecule has 29 heavy (non-hydrogen) atoms. The van der Waals surface area contributed by atoms with Crippen molar-refractivity contribution in [3.05, 3.63) is 69.7 Å². The molecular weight excluding hydrogens is 407 g/mol. The highest BCUT2D eigenvalue weighted by molar-refractivity contribution is 6.35. The fourth-order valence-electron chi connectivity index (χ4n) is 3.04. The second kappa shape index (κ2) is 11.8. The number of hydrogen-bond acceptors (Lipinski definition) is 2. The van der Waals surface area contributed by atoms with Gasteiger partial charge in [0, 0.05) is 23.1 Å². The van der Waals surface area contributed by atoms with Crippen LogP contribution < -0.4 is 5.32 Å². The summed E-state index contributed by atoms with van der Waals surface area (Å²) in [4.78, 5) is 27.3. The van der Waals surface area contributed by atoms with Gasteiger partial charge in [-0.15, -0.1) is 0 Å². The summed E-state index contributed by atoms with van der Waals surface area (Å²) in [5.74, 6) is -0.273. The van der Waals surface area contributed by atoms with E-state index >= 15 is 0 Å². The summed E-state index contributed by atoms with van der Waals surface area (Å²) in [5, 5.41) is 3.90. The number of nitrogens with one attached hydrogen (secondary N) is 1. The molecule has 0 spiro atoms. The van der Waals surface area contributed by atoms with Gasteiger partial charge in [0.1, 0.15) is 6.04 Å². The van der Waals surface area contributed by atoms with Gasteiger partial charge in [-0.1, -0.05) is 72.9 Å². The molecule has 2 rings (SSSR count).